The topological polar surface area (TPSA) is 393 Å². The summed E-state index contributed by atoms with van der Waals surface area (Å²) >= 11 is 4.38. The summed E-state index contributed by atoms with van der Waals surface area (Å²) in [4.78, 5) is 119. The Hall–Kier alpha value is -8.32. The Morgan fingerprint density at radius 2 is 0.988 bits per heavy atom. The molecule has 5 rings (SSSR count). The van der Waals surface area contributed by atoms with Crippen LogP contribution in [-0.2, 0) is 64.0 Å². The first-order valence-electron chi connectivity index (χ1n) is 26.7. The maximum Gasteiger partial charge on any atom is 0.326 e. The van der Waals surface area contributed by atoms with E-state index in [-0.39, 0.29) is 69.7 Å². The number of aliphatic carboxylic acids is 1. The fraction of sp³-hybridized carbons (Fsp3) is 0.386. The molecular weight excluding hydrogens is 1060 g/mol. The second-order valence-electron chi connectivity index (χ2n) is 19.6. The van der Waals surface area contributed by atoms with Crippen LogP contribution in [0, 0.1) is 0 Å². The van der Waals surface area contributed by atoms with E-state index in [9.17, 15) is 48.6 Å². The van der Waals surface area contributed by atoms with Crippen molar-refractivity contribution in [3.05, 3.63) is 144 Å². The van der Waals surface area contributed by atoms with E-state index in [1.54, 1.807) is 85.1 Å². The zero-order valence-electron chi connectivity index (χ0n) is 45.1. The van der Waals surface area contributed by atoms with Crippen molar-refractivity contribution in [3.8, 4) is 0 Å². The molecule has 0 aliphatic carbocycles. The minimum absolute atomic E-state index is 0.00669. The Labute approximate surface area is 475 Å². The predicted molar refractivity (Wildman–Crippen MR) is 310 cm³/mol. The molecule has 1 aromatic heterocycles. The van der Waals surface area contributed by atoms with Crippen LogP contribution in [0.5, 0.6) is 0 Å². The molecule has 0 spiro atoms. The molecule has 4 aromatic carbocycles. The lowest BCUT2D eigenvalue weighted by molar-refractivity contribution is -0.143. The van der Waals surface area contributed by atoms with Gasteiger partial charge >= 0.3 is 5.97 Å². The molecule has 7 amide bonds. The number of aliphatic imine (C=N–C) groups is 1. The minimum atomic E-state index is -1.66. The van der Waals surface area contributed by atoms with E-state index in [2.05, 4.69) is 59.8 Å². The van der Waals surface area contributed by atoms with Gasteiger partial charge in [0.1, 0.15) is 42.3 Å². The van der Waals surface area contributed by atoms with Gasteiger partial charge in [0.25, 0.3) is 0 Å². The number of benzene rings is 4. The molecule has 18 N–H and O–H groups in total. The molecule has 434 valence electrons. The van der Waals surface area contributed by atoms with Crippen LogP contribution < -0.4 is 60.2 Å². The predicted octanol–water partition coefficient (Wildman–Crippen LogP) is -0.263. The number of nitrogens with two attached hydrogens (primary N) is 4. The van der Waals surface area contributed by atoms with Crippen LogP contribution in [0.4, 0.5) is 0 Å². The van der Waals surface area contributed by atoms with Gasteiger partial charge in [-0.25, -0.2) is 4.79 Å². The monoisotopic (exact) mass is 1130 g/mol. The fourth-order valence-electron chi connectivity index (χ4n) is 8.82. The quantitative estimate of drug-likeness (QED) is 0.0111. The summed E-state index contributed by atoms with van der Waals surface area (Å²) in [5.74, 6) is -7.54. The van der Waals surface area contributed by atoms with Gasteiger partial charge in [-0.2, -0.15) is 12.6 Å². The normalized spacial score (nSPS) is 14.4. The van der Waals surface area contributed by atoms with Gasteiger partial charge in [-0.3, -0.25) is 38.6 Å². The number of hydrogen-bond acceptors (Lipinski definition) is 13. The van der Waals surface area contributed by atoms with Gasteiger partial charge in [-0.05, 0) is 80.3 Å². The summed E-state index contributed by atoms with van der Waals surface area (Å²) in [6, 6.07) is 22.7. The number of carbonyl (C=O) groups excluding carboxylic acids is 7. The van der Waals surface area contributed by atoms with E-state index < -0.39 is 102 Å². The first-order valence-corrected chi connectivity index (χ1v) is 27.3. The largest absolute Gasteiger partial charge is 0.480 e. The van der Waals surface area contributed by atoms with E-state index in [1.165, 1.54) is 6.92 Å². The molecule has 0 bridgehead atoms. The third-order valence-corrected chi connectivity index (χ3v) is 13.6. The number of unbranched alkanes of at least 4 members (excludes halogenated alkanes) is 1. The van der Waals surface area contributed by atoms with Crippen LogP contribution in [-0.4, -0.2) is 142 Å². The maximum absolute atomic E-state index is 14.8. The third kappa shape index (κ3) is 20.7. The van der Waals surface area contributed by atoms with Gasteiger partial charge in [0.2, 0.25) is 41.4 Å². The van der Waals surface area contributed by atoms with Crippen LogP contribution in [0.1, 0.15) is 61.3 Å². The highest BCUT2D eigenvalue weighted by atomic mass is 32.1. The van der Waals surface area contributed by atoms with E-state index in [0.29, 0.717) is 29.5 Å². The first-order chi connectivity index (χ1) is 38.9. The lowest BCUT2D eigenvalue weighted by Crippen LogP contribution is -2.61. The summed E-state index contributed by atoms with van der Waals surface area (Å²) in [7, 11) is 0. The lowest BCUT2D eigenvalue weighted by Gasteiger charge is -2.28. The SMILES string of the molecule is C[C@@H](O)[C@H](NC(=O)[C@H](CCCCN)NC(=O)[C@@H](Cc1c[nH]c2ccccc12)NC(=O)[C@H](Cc1ccccc1)NC(=O)[C@H](CS)NC(=O)[C@H](CCCN=C(N)N)NC(=O)[C@H](N)Cc1ccccc1)C(=O)N[C@@H](Cc1ccccc1)C(=O)O. The number of aromatic amines is 1. The maximum atomic E-state index is 14.8. The summed E-state index contributed by atoms with van der Waals surface area (Å²) in [6.45, 7) is 1.61. The number of nitrogens with zero attached hydrogens (tertiary/aromatic N) is 1. The number of aromatic nitrogens is 1. The van der Waals surface area contributed by atoms with Crippen molar-refractivity contribution in [2.75, 3.05) is 18.8 Å². The second kappa shape index (κ2) is 32.7. The molecule has 0 saturated heterocycles. The highest BCUT2D eigenvalue weighted by Gasteiger charge is 2.36. The molecule has 23 nitrogen and oxygen atoms in total. The number of H-pyrrole nitrogens is 1. The van der Waals surface area contributed by atoms with Crippen LogP contribution in [0.2, 0.25) is 0 Å². The van der Waals surface area contributed by atoms with E-state index in [0.717, 1.165) is 16.5 Å². The molecule has 0 aliphatic heterocycles. The molecule has 24 heteroatoms. The zero-order chi connectivity index (χ0) is 58.8. The molecule has 0 aliphatic rings. The van der Waals surface area contributed by atoms with Crippen molar-refractivity contribution in [2.24, 2.45) is 27.9 Å². The van der Waals surface area contributed by atoms with Gasteiger partial charge < -0.3 is 75.3 Å². The number of guanidine groups is 1. The van der Waals surface area contributed by atoms with Crippen LogP contribution >= 0.6 is 12.6 Å². The number of aliphatic hydroxyl groups is 1. The van der Waals surface area contributed by atoms with E-state index in [1.807, 2.05) is 36.4 Å². The number of thiol groups is 1. The molecule has 0 saturated carbocycles. The average molecular weight is 1130 g/mol. The molecule has 81 heavy (non-hydrogen) atoms. The Morgan fingerprint density at radius 3 is 1.53 bits per heavy atom. The Balaban J connectivity index is 1.39. The second-order valence-corrected chi connectivity index (χ2v) is 20.0. The van der Waals surface area contributed by atoms with Gasteiger partial charge in [0.05, 0.1) is 12.1 Å². The number of fused-ring (bicyclic) bond motifs is 1. The van der Waals surface area contributed by atoms with Crippen molar-refractivity contribution >= 4 is 76.8 Å². The van der Waals surface area contributed by atoms with Crippen LogP contribution in [0.3, 0.4) is 0 Å². The summed E-state index contributed by atoms with van der Waals surface area (Å²) in [5.41, 5.74) is 26.4. The van der Waals surface area contributed by atoms with Crippen LogP contribution in [0.25, 0.3) is 10.9 Å². The standard InChI is InChI=1S/C57H75N13O10S/c1-34(71)48(55(78)68-46(56(79)80)30-37-20-9-4-10-21-37)70-51(74)42(24-13-14-26-58)65-53(76)45(31-38-32-63-41-23-12-11-22-39(38)41)67-52(75)44(29-36-18-7-3-8-19-36)66-54(77)47(33-81)69-50(73)43(25-15-27-62-57(60)61)64-49(72)40(59)28-35-16-5-2-6-17-35/h2-12,16-23,32,34,40,42-48,63,71,81H,13-15,24-31,33,58-59H2,1H3,(H,64,72)(H,65,76)(H,66,77)(H,67,75)(H,68,78)(H,69,73)(H,70,74)(H,79,80)(H4,60,61,62)/t34-,40-,42+,43+,44+,45-,46+,47+,48+/m1/s1. The summed E-state index contributed by atoms with van der Waals surface area (Å²) in [5, 5.41) is 40.0. The summed E-state index contributed by atoms with van der Waals surface area (Å²) in [6.07, 6.45) is 1.02. The molecule has 5 aromatic rings. The van der Waals surface area contributed by atoms with Crippen molar-refractivity contribution in [3.63, 3.8) is 0 Å². The number of hydrogen-bond donors (Lipinski definition) is 15. The Bertz CT molecular complexity index is 2890. The number of nitrogens with one attached hydrogen (secondary N) is 8. The third-order valence-electron chi connectivity index (χ3n) is 13.2. The van der Waals surface area contributed by atoms with Gasteiger partial charge in [0.15, 0.2) is 5.96 Å². The van der Waals surface area contributed by atoms with Crippen molar-refractivity contribution in [2.45, 2.75) is 119 Å². The fourth-order valence-corrected chi connectivity index (χ4v) is 9.07. The number of rotatable bonds is 33. The van der Waals surface area contributed by atoms with Crippen molar-refractivity contribution < 1.29 is 48.6 Å². The molecule has 9 atom stereocenters. The van der Waals surface area contributed by atoms with Crippen molar-refractivity contribution in [1.82, 2.24) is 42.2 Å². The smallest absolute Gasteiger partial charge is 0.326 e. The number of carboxylic acids is 1. The van der Waals surface area contributed by atoms with E-state index >= 15 is 0 Å². The average Bonchev–Trinajstić information content (AvgIpc) is 3.91. The Morgan fingerprint density at radius 1 is 0.543 bits per heavy atom. The molecular formula is C57H75N13O10S. The number of carboxylic acid groups (broad SMARTS) is 1. The molecule has 0 radical (unpaired) electrons. The van der Waals surface area contributed by atoms with Gasteiger partial charge in [0, 0.05) is 48.7 Å². The van der Waals surface area contributed by atoms with Crippen molar-refractivity contribution in [1.29, 1.82) is 0 Å². The Kier molecular flexibility index (Phi) is 25.6. The van der Waals surface area contributed by atoms with Gasteiger partial charge in [-0.15, -0.1) is 0 Å². The summed E-state index contributed by atoms with van der Waals surface area (Å²) < 4.78 is 0. The van der Waals surface area contributed by atoms with Crippen LogP contribution in [0.15, 0.2) is 126 Å². The molecule has 0 unspecified atom stereocenters. The minimum Gasteiger partial charge on any atom is -0.480 e. The number of aliphatic hydroxyl groups excluding tert-OH is 1. The highest BCUT2D eigenvalue weighted by Crippen LogP contribution is 2.20. The first kappa shape index (κ1) is 63.5. The number of amides is 7. The zero-order valence-corrected chi connectivity index (χ0v) is 46.0. The number of para-hydroxylation sites is 1. The molecule has 1 heterocycles. The van der Waals surface area contributed by atoms with E-state index in [4.69, 9.17) is 22.9 Å². The molecule has 0 fully saturated rings. The lowest BCUT2D eigenvalue weighted by atomic mass is 10.0. The number of carbonyl (C=O) groups is 8. The highest BCUT2D eigenvalue weighted by molar-refractivity contribution is 7.80. The van der Waals surface area contributed by atoms with Gasteiger partial charge in [-0.1, -0.05) is 109 Å².